The molecule has 3 heterocycles. The van der Waals surface area contributed by atoms with Crippen LogP contribution in [0.15, 0.2) is 28.8 Å². The standard InChI is InChI=1S/C17H22N4O/c1-13-5-2-3-6-14(13)16-19-15(22-20-16)11-21-10-4-7-17(21)8-9-18-12-17/h2-3,5-6,18H,4,7-12H2,1H3. The average Bonchev–Trinajstić information content (AvgIpc) is 3.24. The summed E-state index contributed by atoms with van der Waals surface area (Å²) in [5.41, 5.74) is 2.54. The highest BCUT2D eigenvalue weighted by Gasteiger charge is 2.43. The average molecular weight is 298 g/mol. The molecular weight excluding hydrogens is 276 g/mol. The van der Waals surface area contributed by atoms with E-state index in [1.807, 2.05) is 18.2 Å². The highest BCUT2D eigenvalue weighted by atomic mass is 16.5. The zero-order valence-electron chi connectivity index (χ0n) is 13.0. The van der Waals surface area contributed by atoms with Gasteiger partial charge in [0.25, 0.3) is 0 Å². The Labute approximate surface area is 130 Å². The van der Waals surface area contributed by atoms with E-state index < -0.39 is 0 Å². The van der Waals surface area contributed by atoms with E-state index in [-0.39, 0.29) is 0 Å². The van der Waals surface area contributed by atoms with Crippen molar-refractivity contribution in [1.29, 1.82) is 0 Å². The monoisotopic (exact) mass is 298 g/mol. The molecule has 1 N–H and O–H groups in total. The van der Waals surface area contributed by atoms with Gasteiger partial charge in [0.2, 0.25) is 11.7 Å². The van der Waals surface area contributed by atoms with E-state index >= 15 is 0 Å². The molecule has 2 saturated heterocycles. The quantitative estimate of drug-likeness (QED) is 0.943. The summed E-state index contributed by atoms with van der Waals surface area (Å²) in [7, 11) is 0. The van der Waals surface area contributed by atoms with Crippen LogP contribution < -0.4 is 5.32 Å². The van der Waals surface area contributed by atoms with E-state index in [0.717, 1.165) is 37.6 Å². The first-order valence-corrected chi connectivity index (χ1v) is 8.11. The van der Waals surface area contributed by atoms with Crippen molar-refractivity contribution in [3.8, 4) is 11.4 Å². The van der Waals surface area contributed by atoms with Crippen molar-refractivity contribution in [2.45, 2.75) is 38.3 Å². The predicted octanol–water partition coefficient (Wildman–Crippen LogP) is 2.37. The summed E-state index contributed by atoms with van der Waals surface area (Å²) in [6.45, 7) is 6.18. The van der Waals surface area contributed by atoms with Gasteiger partial charge in [0.05, 0.1) is 6.54 Å². The second kappa shape index (κ2) is 5.48. The molecule has 5 nitrogen and oxygen atoms in total. The third kappa shape index (κ3) is 2.34. The summed E-state index contributed by atoms with van der Waals surface area (Å²) >= 11 is 0. The van der Waals surface area contributed by atoms with Crippen molar-refractivity contribution in [3.05, 3.63) is 35.7 Å². The van der Waals surface area contributed by atoms with Crippen LogP contribution in [0, 0.1) is 6.92 Å². The first-order valence-electron chi connectivity index (χ1n) is 8.11. The highest BCUT2D eigenvalue weighted by molar-refractivity contribution is 5.58. The van der Waals surface area contributed by atoms with E-state index in [2.05, 4.69) is 33.3 Å². The molecule has 2 aliphatic heterocycles. The van der Waals surface area contributed by atoms with Crippen LogP contribution in [0.2, 0.25) is 0 Å². The number of nitrogens with one attached hydrogen (secondary N) is 1. The Kier molecular flexibility index (Phi) is 3.47. The molecule has 1 atom stereocenters. The van der Waals surface area contributed by atoms with E-state index in [0.29, 0.717) is 11.4 Å². The lowest BCUT2D eigenvalue weighted by molar-refractivity contribution is 0.130. The van der Waals surface area contributed by atoms with Crippen LogP contribution in [0.25, 0.3) is 11.4 Å². The van der Waals surface area contributed by atoms with Crippen molar-refractivity contribution < 1.29 is 4.52 Å². The molecule has 2 aromatic rings. The normalized spacial score (nSPS) is 25.3. The molecule has 1 aromatic carbocycles. The molecule has 2 aliphatic rings. The lowest BCUT2D eigenvalue weighted by Crippen LogP contribution is -2.45. The zero-order valence-corrected chi connectivity index (χ0v) is 13.0. The smallest absolute Gasteiger partial charge is 0.241 e. The van der Waals surface area contributed by atoms with Crippen LogP contribution in [-0.2, 0) is 6.54 Å². The van der Waals surface area contributed by atoms with Gasteiger partial charge in [0.15, 0.2) is 0 Å². The second-order valence-electron chi connectivity index (χ2n) is 6.50. The minimum atomic E-state index is 0.317. The minimum absolute atomic E-state index is 0.317. The fourth-order valence-electron chi connectivity index (χ4n) is 3.87. The zero-order chi connectivity index (χ0) is 15.0. The fourth-order valence-corrected chi connectivity index (χ4v) is 3.87. The molecule has 0 amide bonds. The van der Waals surface area contributed by atoms with Gasteiger partial charge in [0, 0.05) is 17.6 Å². The Morgan fingerprint density at radius 1 is 1.32 bits per heavy atom. The summed E-state index contributed by atoms with van der Waals surface area (Å²) in [5, 5.41) is 7.68. The van der Waals surface area contributed by atoms with Gasteiger partial charge in [-0.05, 0) is 44.8 Å². The third-order valence-electron chi connectivity index (χ3n) is 5.14. The van der Waals surface area contributed by atoms with Crippen LogP contribution >= 0.6 is 0 Å². The molecule has 22 heavy (non-hydrogen) atoms. The first-order chi connectivity index (χ1) is 10.8. The van der Waals surface area contributed by atoms with E-state index in [1.54, 1.807) is 0 Å². The van der Waals surface area contributed by atoms with Crippen molar-refractivity contribution in [2.24, 2.45) is 0 Å². The molecule has 2 fully saturated rings. The van der Waals surface area contributed by atoms with E-state index in [1.165, 1.54) is 24.8 Å². The number of hydrogen-bond donors (Lipinski definition) is 1. The van der Waals surface area contributed by atoms with Crippen LogP contribution in [0.3, 0.4) is 0 Å². The Morgan fingerprint density at radius 2 is 2.23 bits per heavy atom. The van der Waals surface area contributed by atoms with Crippen LogP contribution in [0.1, 0.15) is 30.7 Å². The molecule has 1 unspecified atom stereocenters. The van der Waals surface area contributed by atoms with Gasteiger partial charge in [-0.3, -0.25) is 4.90 Å². The summed E-state index contributed by atoms with van der Waals surface area (Å²) in [5.74, 6) is 1.43. The number of rotatable bonds is 3. The fraction of sp³-hybridized carbons (Fsp3) is 0.529. The van der Waals surface area contributed by atoms with E-state index in [4.69, 9.17) is 4.52 Å². The molecule has 116 valence electrons. The molecule has 4 rings (SSSR count). The van der Waals surface area contributed by atoms with Crippen molar-refractivity contribution in [3.63, 3.8) is 0 Å². The number of benzene rings is 1. The Hall–Kier alpha value is -1.72. The first kappa shape index (κ1) is 13.9. The lowest BCUT2D eigenvalue weighted by atomic mass is 9.95. The molecule has 1 aromatic heterocycles. The number of aryl methyl sites for hydroxylation is 1. The summed E-state index contributed by atoms with van der Waals surface area (Å²) < 4.78 is 5.52. The lowest BCUT2D eigenvalue weighted by Gasteiger charge is -2.33. The van der Waals surface area contributed by atoms with Gasteiger partial charge < -0.3 is 9.84 Å². The molecule has 0 radical (unpaired) electrons. The van der Waals surface area contributed by atoms with E-state index in [9.17, 15) is 0 Å². The summed E-state index contributed by atoms with van der Waals surface area (Å²) in [6.07, 6.45) is 3.77. The van der Waals surface area contributed by atoms with Crippen molar-refractivity contribution in [2.75, 3.05) is 19.6 Å². The Bertz CT molecular complexity index is 655. The number of nitrogens with zero attached hydrogens (tertiary/aromatic N) is 3. The second-order valence-corrected chi connectivity index (χ2v) is 6.50. The van der Waals surface area contributed by atoms with Gasteiger partial charge >= 0.3 is 0 Å². The summed E-state index contributed by atoms with van der Waals surface area (Å²) in [4.78, 5) is 7.15. The summed E-state index contributed by atoms with van der Waals surface area (Å²) in [6, 6.07) is 8.16. The largest absolute Gasteiger partial charge is 0.338 e. The van der Waals surface area contributed by atoms with Gasteiger partial charge in [-0.1, -0.05) is 29.4 Å². The highest BCUT2D eigenvalue weighted by Crippen LogP contribution is 2.35. The van der Waals surface area contributed by atoms with Gasteiger partial charge in [-0.15, -0.1) is 0 Å². The molecule has 0 bridgehead atoms. The third-order valence-corrected chi connectivity index (χ3v) is 5.14. The van der Waals surface area contributed by atoms with Crippen LogP contribution in [0.5, 0.6) is 0 Å². The maximum atomic E-state index is 5.52. The Balaban J connectivity index is 1.54. The Morgan fingerprint density at radius 3 is 3.05 bits per heavy atom. The molecule has 0 aliphatic carbocycles. The van der Waals surface area contributed by atoms with Crippen LogP contribution in [0.4, 0.5) is 0 Å². The number of hydrogen-bond acceptors (Lipinski definition) is 5. The molecule has 5 heteroatoms. The topological polar surface area (TPSA) is 54.2 Å². The molecule has 1 spiro atoms. The SMILES string of the molecule is Cc1ccccc1-c1noc(CN2CCCC23CCNC3)n1. The van der Waals surface area contributed by atoms with Crippen LogP contribution in [-0.4, -0.2) is 40.2 Å². The van der Waals surface area contributed by atoms with Crippen molar-refractivity contribution >= 4 is 0 Å². The number of likely N-dealkylation sites (tertiary alicyclic amines) is 1. The molecule has 0 saturated carbocycles. The maximum absolute atomic E-state index is 5.52. The molecular formula is C17H22N4O. The number of aromatic nitrogens is 2. The van der Waals surface area contributed by atoms with Crippen molar-refractivity contribution in [1.82, 2.24) is 20.4 Å². The van der Waals surface area contributed by atoms with Gasteiger partial charge in [-0.2, -0.15) is 4.98 Å². The minimum Gasteiger partial charge on any atom is -0.338 e. The maximum Gasteiger partial charge on any atom is 0.241 e. The van der Waals surface area contributed by atoms with Gasteiger partial charge in [0.1, 0.15) is 0 Å². The van der Waals surface area contributed by atoms with Gasteiger partial charge in [-0.25, -0.2) is 0 Å². The predicted molar refractivity (Wildman–Crippen MR) is 84.3 cm³/mol.